The molecule has 1 fully saturated rings. The smallest absolute Gasteiger partial charge is 0.324 e. The summed E-state index contributed by atoms with van der Waals surface area (Å²) >= 11 is 0. The molecule has 34 heavy (non-hydrogen) atoms. The van der Waals surface area contributed by atoms with E-state index in [0.717, 1.165) is 45.3 Å². The van der Waals surface area contributed by atoms with Crippen molar-refractivity contribution in [2.24, 2.45) is 5.92 Å². The van der Waals surface area contributed by atoms with Crippen LogP contribution in [0.4, 0.5) is 4.79 Å². The van der Waals surface area contributed by atoms with Crippen LogP contribution in [0.1, 0.15) is 56.4 Å². The highest BCUT2D eigenvalue weighted by atomic mass is 16.2. The Bertz CT molecular complexity index is 1030. The van der Waals surface area contributed by atoms with Gasteiger partial charge in [-0.3, -0.25) is 14.6 Å². The number of nitrogens with zero attached hydrogens (tertiary/aromatic N) is 3. The molecule has 0 bridgehead atoms. The topological polar surface area (TPSA) is 71.7 Å². The molecule has 2 aliphatic rings. The Morgan fingerprint density at radius 1 is 1.18 bits per heavy atom. The van der Waals surface area contributed by atoms with Gasteiger partial charge in [-0.15, -0.1) is 0 Å². The lowest BCUT2D eigenvalue weighted by Gasteiger charge is -2.47. The maximum atomic E-state index is 13.8. The van der Waals surface area contributed by atoms with E-state index in [-0.39, 0.29) is 17.9 Å². The number of likely N-dealkylation sites (N-methyl/N-ethyl adjacent to an activating group) is 1. The number of carbonyl (C=O) groups excluding carboxylic acids is 2. The standard InChI is InChI=1S/C27H41N5O2/c1-6-22-21-16-24-20(19-11-9-12-23(29-22)25(19)21)15-18(17-31(24)8-3)26(33)32(27(34)28-7-2)14-10-13-30(4)5/h9,11-12,18,20,24,29H,6-8,10,13-17H2,1-5H3,(H,28,34)/t18-,20-,24-/m1/s1. The third kappa shape index (κ3) is 4.60. The number of urea groups is 1. The predicted octanol–water partition coefficient (Wildman–Crippen LogP) is 3.59. The van der Waals surface area contributed by atoms with Gasteiger partial charge in [0, 0.05) is 48.2 Å². The Hall–Kier alpha value is -2.38. The van der Waals surface area contributed by atoms with E-state index in [1.807, 2.05) is 21.0 Å². The molecule has 1 saturated heterocycles. The van der Waals surface area contributed by atoms with Crippen LogP contribution in [0.2, 0.25) is 0 Å². The summed E-state index contributed by atoms with van der Waals surface area (Å²) < 4.78 is 0. The summed E-state index contributed by atoms with van der Waals surface area (Å²) in [6.07, 6.45) is 3.61. The third-order valence-corrected chi connectivity index (χ3v) is 7.72. The molecule has 2 heterocycles. The first-order valence-electron chi connectivity index (χ1n) is 13.0. The van der Waals surface area contributed by atoms with Crippen LogP contribution < -0.4 is 5.32 Å². The average Bonchev–Trinajstić information content (AvgIpc) is 3.19. The van der Waals surface area contributed by atoms with Crippen molar-refractivity contribution in [1.29, 1.82) is 0 Å². The molecule has 0 spiro atoms. The predicted molar refractivity (Wildman–Crippen MR) is 137 cm³/mol. The molecular weight excluding hydrogens is 426 g/mol. The van der Waals surface area contributed by atoms with Crippen molar-refractivity contribution in [3.8, 4) is 0 Å². The second-order valence-electron chi connectivity index (χ2n) is 10.1. The molecule has 186 valence electrons. The minimum atomic E-state index is -0.261. The maximum Gasteiger partial charge on any atom is 0.324 e. The zero-order valence-electron chi connectivity index (χ0n) is 21.5. The van der Waals surface area contributed by atoms with E-state index in [2.05, 4.69) is 52.1 Å². The lowest BCUT2D eigenvalue weighted by atomic mass is 9.71. The summed E-state index contributed by atoms with van der Waals surface area (Å²) in [5.41, 5.74) is 5.39. The van der Waals surface area contributed by atoms with Gasteiger partial charge >= 0.3 is 6.03 Å². The minimum absolute atomic E-state index is 0.0251. The van der Waals surface area contributed by atoms with Crippen LogP contribution in [0, 0.1) is 5.92 Å². The van der Waals surface area contributed by atoms with Gasteiger partial charge in [0.25, 0.3) is 0 Å². The molecule has 1 aliphatic heterocycles. The second-order valence-corrected chi connectivity index (χ2v) is 10.1. The van der Waals surface area contributed by atoms with Crippen molar-refractivity contribution in [2.75, 3.05) is 46.8 Å². The summed E-state index contributed by atoms with van der Waals surface area (Å²) in [7, 11) is 4.03. The number of aromatic nitrogens is 1. The molecule has 1 aromatic carbocycles. The van der Waals surface area contributed by atoms with E-state index in [0.29, 0.717) is 25.0 Å². The van der Waals surface area contributed by atoms with Gasteiger partial charge in [0.05, 0.1) is 5.92 Å². The van der Waals surface area contributed by atoms with Crippen LogP contribution in [0.3, 0.4) is 0 Å². The van der Waals surface area contributed by atoms with Crippen LogP contribution in [-0.2, 0) is 17.6 Å². The fourth-order valence-electron chi connectivity index (χ4n) is 6.13. The van der Waals surface area contributed by atoms with Gasteiger partial charge in [0.1, 0.15) is 0 Å². The van der Waals surface area contributed by atoms with E-state index in [9.17, 15) is 9.59 Å². The molecule has 3 atom stereocenters. The molecular formula is C27H41N5O2. The minimum Gasteiger partial charge on any atom is -0.358 e. The van der Waals surface area contributed by atoms with E-state index in [4.69, 9.17) is 0 Å². The van der Waals surface area contributed by atoms with Gasteiger partial charge in [-0.2, -0.15) is 0 Å². The number of likely N-dealkylation sites (tertiary alicyclic amines) is 1. The van der Waals surface area contributed by atoms with Crippen molar-refractivity contribution < 1.29 is 9.59 Å². The largest absolute Gasteiger partial charge is 0.358 e. The Kier molecular flexibility index (Phi) is 7.63. The zero-order chi connectivity index (χ0) is 24.4. The van der Waals surface area contributed by atoms with Crippen LogP contribution in [0.25, 0.3) is 10.9 Å². The molecule has 2 N–H and O–H groups in total. The van der Waals surface area contributed by atoms with E-state index < -0.39 is 0 Å². The van der Waals surface area contributed by atoms with Gasteiger partial charge in [0.15, 0.2) is 0 Å². The number of piperidine rings is 1. The number of rotatable bonds is 8. The van der Waals surface area contributed by atoms with Gasteiger partial charge < -0.3 is 15.2 Å². The Morgan fingerprint density at radius 2 is 1.97 bits per heavy atom. The average molecular weight is 468 g/mol. The summed E-state index contributed by atoms with van der Waals surface area (Å²) in [4.78, 5) is 36.3. The van der Waals surface area contributed by atoms with Crippen molar-refractivity contribution in [2.45, 2.75) is 58.4 Å². The van der Waals surface area contributed by atoms with E-state index in [1.165, 1.54) is 32.6 Å². The summed E-state index contributed by atoms with van der Waals surface area (Å²) in [5, 5.41) is 4.23. The lowest BCUT2D eigenvalue weighted by Crippen LogP contribution is -2.55. The fourth-order valence-corrected chi connectivity index (χ4v) is 6.13. The van der Waals surface area contributed by atoms with Crippen molar-refractivity contribution >= 4 is 22.8 Å². The Morgan fingerprint density at radius 3 is 2.65 bits per heavy atom. The number of amides is 3. The van der Waals surface area contributed by atoms with E-state index in [1.54, 1.807) is 0 Å². The number of hydrogen-bond acceptors (Lipinski definition) is 4. The van der Waals surface area contributed by atoms with Gasteiger partial charge in [-0.05, 0) is 77.0 Å². The molecule has 3 amide bonds. The number of H-pyrrole nitrogens is 1. The van der Waals surface area contributed by atoms with Crippen LogP contribution in [-0.4, -0.2) is 84.5 Å². The third-order valence-electron chi connectivity index (χ3n) is 7.72. The number of hydrogen-bond donors (Lipinski definition) is 2. The summed E-state index contributed by atoms with van der Waals surface area (Å²) in [5.74, 6) is 0.102. The molecule has 2 aromatic rings. The normalized spacial score (nSPS) is 22.1. The van der Waals surface area contributed by atoms with Crippen LogP contribution >= 0.6 is 0 Å². The number of benzene rings is 1. The van der Waals surface area contributed by atoms with Gasteiger partial charge in [0.2, 0.25) is 5.91 Å². The number of aryl methyl sites for hydroxylation is 1. The van der Waals surface area contributed by atoms with Gasteiger partial charge in [-0.1, -0.05) is 26.0 Å². The number of nitrogens with one attached hydrogen (secondary N) is 2. The Labute approximate surface area is 203 Å². The van der Waals surface area contributed by atoms with Crippen molar-refractivity contribution in [3.63, 3.8) is 0 Å². The first-order chi connectivity index (χ1) is 16.4. The zero-order valence-corrected chi connectivity index (χ0v) is 21.5. The lowest BCUT2D eigenvalue weighted by molar-refractivity contribution is -0.135. The first kappa shape index (κ1) is 24.7. The molecule has 0 unspecified atom stereocenters. The molecule has 4 rings (SSSR count). The molecule has 0 radical (unpaired) electrons. The molecule has 1 aromatic heterocycles. The first-order valence-corrected chi connectivity index (χ1v) is 13.0. The number of aromatic amines is 1. The van der Waals surface area contributed by atoms with E-state index >= 15 is 0 Å². The highest BCUT2D eigenvalue weighted by molar-refractivity contribution is 5.96. The molecule has 7 nitrogen and oxygen atoms in total. The molecule has 7 heteroatoms. The second kappa shape index (κ2) is 10.5. The monoisotopic (exact) mass is 467 g/mol. The van der Waals surface area contributed by atoms with Gasteiger partial charge in [-0.25, -0.2) is 4.79 Å². The van der Waals surface area contributed by atoms with Crippen molar-refractivity contribution in [1.82, 2.24) is 25.0 Å². The Balaban J connectivity index is 1.63. The maximum absolute atomic E-state index is 13.8. The molecule has 0 saturated carbocycles. The molecule has 1 aliphatic carbocycles. The van der Waals surface area contributed by atoms with Crippen LogP contribution in [0.5, 0.6) is 0 Å². The number of imide groups is 1. The quantitative estimate of drug-likeness (QED) is 0.622. The number of carbonyl (C=O) groups is 2. The number of fused-ring (bicyclic) bond motifs is 2. The summed E-state index contributed by atoms with van der Waals surface area (Å²) in [6, 6.07) is 6.72. The highest BCUT2D eigenvalue weighted by Gasteiger charge is 2.44. The summed E-state index contributed by atoms with van der Waals surface area (Å²) in [6.45, 7) is 9.75. The van der Waals surface area contributed by atoms with Crippen molar-refractivity contribution in [3.05, 3.63) is 35.0 Å². The SMILES string of the molecule is CCNC(=O)N(CCCN(C)C)C(=O)[C@@H]1C[C@@H]2c3cccc4[nH]c(CC)c(c34)C[C@H]2N(CC)C1. The van der Waals surface area contributed by atoms with Crippen LogP contribution in [0.15, 0.2) is 18.2 Å². The fraction of sp³-hybridized carbons (Fsp3) is 0.630. The highest BCUT2D eigenvalue weighted by Crippen LogP contribution is 2.46.